The highest BCUT2D eigenvalue weighted by atomic mass is 16.6. The van der Waals surface area contributed by atoms with Gasteiger partial charge in [0.05, 0.1) is 19.8 Å². The van der Waals surface area contributed by atoms with E-state index in [0.717, 1.165) is 11.1 Å². The van der Waals surface area contributed by atoms with Gasteiger partial charge in [0.2, 0.25) is 0 Å². The first-order valence-corrected chi connectivity index (χ1v) is 8.57. The van der Waals surface area contributed by atoms with E-state index in [2.05, 4.69) is 0 Å². The summed E-state index contributed by atoms with van der Waals surface area (Å²) in [5.74, 6) is -0.462. The normalized spacial score (nSPS) is 20.6. The van der Waals surface area contributed by atoms with Gasteiger partial charge in [-0.2, -0.15) is 0 Å². The molecule has 0 bridgehead atoms. The lowest BCUT2D eigenvalue weighted by molar-refractivity contribution is -0.173. The van der Waals surface area contributed by atoms with Crippen LogP contribution in [0.5, 0.6) is 0 Å². The standard InChI is InChI=1S/C21H22O5/c22-13-19(25-15-17-9-5-2-6-10-17)21-18(11-12-20(23)26-21)24-14-16-7-3-1-4-8-16/h1-12,18-19,21-22H,13-15H2/t18-,19-,21+/m1/s1. The third kappa shape index (κ3) is 5.02. The number of aliphatic hydroxyl groups excluding tert-OH is 1. The van der Waals surface area contributed by atoms with E-state index in [1.54, 1.807) is 6.08 Å². The lowest BCUT2D eigenvalue weighted by atomic mass is 10.0. The van der Waals surface area contributed by atoms with Gasteiger partial charge in [0.1, 0.15) is 12.2 Å². The van der Waals surface area contributed by atoms with E-state index in [4.69, 9.17) is 14.2 Å². The van der Waals surface area contributed by atoms with Gasteiger partial charge in [-0.3, -0.25) is 0 Å². The van der Waals surface area contributed by atoms with Crippen LogP contribution >= 0.6 is 0 Å². The van der Waals surface area contributed by atoms with Crippen molar-refractivity contribution in [1.82, 2.24) is 0 Å². The van der Waals surface area contributed by atoms with Crippen LogP contribution in [0.1, 0.15) is 11.1 Å². The van der Waals surface area contributed by atoms with Gasteiger partial charge in [-0.25, -0.2) is 4.79 Å². The molecule has 1 N–H and O–H groups in total. The first-order chi connectivity index (χ1) is 12.8. The Kier molecular flexibility index (Phi) is 6.55. The molecule has 2 aromatic carbocycles. The Bertz CT molecular complexity index is 714. The van der Waals surface area contributed by atoms with E-state index in [0.29, 0.717) is 13.2 Å². The van der Waals surface area contributed by atoms with Crippen LogP contribution in [0.2, 0.25) is 0 Å². The topological polar surface area (TPSA) is 65.0 Å². The summed E-state index contributed by atoms with van der Waals surface area (Å²) in [5.41, 5.74) is 1.99. The Morgan fingerprint density at radius 1 is 0.962 bits per heavy atom. The van der Waals surface area contributed by atoms with Crippen LogP contribution in [0, 0.1) is 0 Å². The van der Waals surface area contributed by atoms with Gasteiger partial charge in [0, 0.05) is 6.08 Å². The highest BCUT2D eigenvalue weighted by molar-refractivity contribution is 5.83. The molecule has 5 nitrogen and oxygen atoms in total. The maximum absolute atomic E-state index is 11.7. The van der Waals surface area contributed by atoms with Gasteiger partial charge in [0.15, 0.2) is 6.10 Å². The third-order valence-electron chi connectivity index (χ3n) is 4.14. The van der Waals surface area contributed by atoms with Gasteiger partial charge in [-0.15, -0.1) is 0 Å². The minimum Gasteiger partial charge on any atom is -0.453 e. The summed E-state index contributed by atoms with van der Waals surface area (Å²) >= 11 is 0. The van der Waals surface area contributed by atoms with E-state index in [-0.39, 0.29) is 6.61 Å². The average Bonchev–Trinajstić information content (AvgIpc) is 2.69. The molecule has 26 heavy (non-hydrogen) atoms. The Morgan fingerprint density at radius 3 is 2.19 bits per heavy atom. The van der Waals surface area contributed by atoms with E-state index < -0.39 is 24.3 Å². The van der Waals surface area contributed by atoms with Crippen LogP contribution < -0.4 is 0 Å². The number of carbonyl (C=O) groups is 1. The number of cyclic esters (lactones) is 1. The molecule has 5 heteroatoms. The van der Waals surface area contributed by atoms with Crippen molar-refractivity contribution in [3.8, 4) is 0 Å². The zero-order valence-electron chi connectivity index (χ0n) is 14.4. The predicted octanol–water partition coefficient (Wildman–Crippen LogP) is 2.63. The van der Waals surface area contributed by atoms with E-state index in [1.807, 2.05) is 60.7 Å². The smallest absolute Gasteiger partial charge is 0.330 e. The Balaban J connectivity index is 1.64. The number of rotatable bonds is 8. The number of carbonyl (C=O) groups excluding carboxylic acids is 1. The van der Waals surface area contributed by atoms with Gasteiger partial charge in [-0.1, -0.05) is 60.7 Å². The zero-order valence-corrected chi connectivity index (χ0v) is 14.4. The van der Waals surface area contributed by atoms with Crippen molar-refractivity contribution in [2.75, 3.05) is 6.61 Å². The molecule has 2 aromatic rings. The van der Waals surface area contributed by atoms with Crippen molar-refractivity contribution >= 4 is 5.97 Å². The summed E-state index contributed by atoms with van der Waals surface area (Å²) in [6.07, 6.45) is 1.14. The minimum atomic E-state index is -0.704. The number of hydrogen-bond acceptors (Lipinski definition) is 5. The average molecular weight is 354 g/mol. The van der Waals surface area contributed by atoms with E-state index in [9.17, 15) is 9.90 Å². The molecule has 0 amide bonds. The molecule has 136 valence electrons. The van der Waals surface area contributed by atoms with Crippen LogP contribution in [-0.4, -0.2) is 36.0 Å². The molecule has 0 aliphatic carbocycles. The molecule has 0 spiro atoms. The molecule has 0 saturated carbocycles. The molecule has 0 unspecified atom stereocenters. The molecule has 0 aromatic heterocycles. The molecule has 3 atom stereocenters. The number of ether oxygens (including phenoxy) is 3. The van der Waals surface area contributed by atoms with Crippen molar-refractivity contribution in [1.29, 1.82) is 0 Å². The second kappa shape index (κ2) is 9.29. The summed E-state index contributed by atoms with van der Waals surface area (Å²) in [7, 11) is 0. The predicted molar refractivity (Wildman–Crippen MR) is 96.1 cm³/mol. The molecule has 1 heterocycles. The van der Waals surface area contributed by atoms with Crippen molar-refractivity contribution in [3.63, 3.8) is 0 Å². The Morgan fingerprint density at radius 2 is 1.58 bits per heavy atom. The molecule has 0 saturated heterocycles. The molecule has 1 aliphatic rings. The van der Waals surface area contributed by atoms with Crippen LogP contribution in [-0.2, 0) is 32.2 Å². The van der Waals surface area contributed by atoms with Crippen LogP contribution in [0.25, 0.3) is 0 Å². The summed E-state index contributed by atoms with van der Waals surface area (Å²) in [6, 6.07) is 19.4. The summed E-state index contributed by atoms with van der Waals surface area (Å²) in [6.45, 7) is 0.416. The van der Waals surface area contributed by atoms with E-state index >= 15 is 0 Å². The fourth-order valence-electron chi connectivity index (χ4n) is 2.76. The number of benzene rings is 2. The third-order valence-corrected chi connectivity index (χ3v) is 4.14. The summed E-state index contributed by atoms with van der Waals surface area (Å²) in [4.78, 5) is 11.7. The van der Waals surface area contributed by atoms with Gasteiger partial charge in [0.25, 0.3) is 0 Å². The SMILES string of the molecule is O=C1C=C[C@@H](OCc2ccccc2)[C@@H]([C@@H](CO)OCc2ccccc2)O1. The number of hydrogen-bond donors (Lipinski definition) is 1. The Hall–Kier alpha value is -2.47. The molecule has 1 aliphatic heterocycles. The van der Waals surface area contributed by atoms with Crippen molar-refractivity contribution in [2.45, 2.75) is 31.5 Å². The second-order valence-corrected chi connectivity index (χ2v) is 6.04. The summed E-state index contributed by atoms with van der Waals surface area (Å²) < 4.78 is 17.1. The maximum atomic E-state index is 11.7. The molecule has 3 rings (SSSR count). The number of aliphatic hydroxyl groups is 1. The lowest BCUT2D eigenvalue weighted by Crippen LogP contribution is -2.46. The highest BCUT2D eigenvalue weighted by Crippen LogP contribution is 2.20. The van der Waals surface area contributed by atoms with E-state index in [1.165, 1.54) is 6.08 Å². The van der Waals surface area contributed by atoms with Crippen molar-refractivity contribution in [3.05, 3.63) is 83.9 Å². The molecular weight excluding hydrogens is 332 g/mol. The number of esters is 1. The maximum Gasteiger partial charge on any atom is 0.330 e. The lowest BCUT2D eigenvalue weighted by Gasteiger charge is -2.32. The largest absolute Gasteiger partial charge is 0.453 e. The summed E-state index contributed by atoms with van der Waals surface area (Å²) in [5, 5.41) is 9.75. The molecule has 0 radical (unpaired) electrons. The van der Waals surface area contributed by atoms with Crippen molar-refractivity contribution < 1.29 is 24.1 Å². The van der Waals surface area contributed by atoms with Crippen LogP contribution in [0.3, 0.4) is 0 Å². The quantitative estimate of drug-likeness (QED) is 0.739. The first-order valence-electron chi connectivity index (χ1n) is 8.57. The fraction of sp³-hybridized carbons (Fsp3) is 0.286. The van der Waals surface area contributed by atoms with Gasteiger partial charge < -0.3 is 19.3 Å². The second-order valence-electron chi connectivity index (χ2n) is 6.04. The monoisotopic (exact) mass is 354 g/mol. The highest BCUT2D eigenvalue weighted by Gasteiger charge is 2.35. The zero-order chi connectivity index (χ0) is 18.2. The molecule has 0 fully saturated rings. The van der Waals surface area contributed by atoms with Gasteiger partial charge in [-0.05, 0) is 17.2 Å². The first kappa shape index (κ1) is 18.3. The fourth-order valence-corrected chi connectivity index (χ4v) is 2.76. The van der Waals surface area contributed by atoms with Gasteiger partial charge >= 0.3 is 5.97 Å². The molecular formula is C21H22O5. The van der Waals surface area contributed by atoms with Crippen LogP contribution in [0.4, 0.5) is 0 Å². The Labute approximate surface area is 152 Å². The van der Waals surface area contributed by atoms with Crippen LogP contribution in [0.15, 0.2) is 72.8 Å². The minimum absolute atomic E-state index is 0.274. The van der Waals surface area contributed by atoms with Crippen molar-refractivity contribution in [2.24, 2.45) is 0 Å².